The quantitative estimate of drug-likeness (QED) is 0.383. The Kier molecular flexibility index (Phi) is 6.41. The van der Waals surface area contributed by atoms with E-state index in [4.69, 9.17) is 0 Å². The van der Waals surface area contributed by atoms with Crippen LogP contribution in [0.4, 0.5) is 0 Å². The predicted octanol–water partition coefficient (Wildman–Crippen LogP) is 3.68. The van der Waals surface area contributed by atoms with E-state index in [1.165, 1.54) is 0 Å². The first kappa shape index (κ1) is 24.5. The fraction of sp³-hybridized carbons (Fsp3) is 0.370. The molecular formula is C27H33N9O. The molecule has 0 radical (unpaired) electrons. The molecular weight excluding hydrogens is 466 g/mol. The Morgan fingerprint density at radius 1 is 1.11 bits per heavy atom. The van der Waals surface area contributed by atoms with E-state index >= 15 is 0 Å². The van der Waals surface area contributed by atoms with Crippen LogP contribution in [0.15, 0.2) is 72.1 Å². The van der Waals surface area contributed by atoms with Crippen molar-refractivity contribution in [1.82, 2.24) is 44.9 Å². The van der Waals surface area contributed by atoms with Gasteiger partial charge in [0.1, 0.15) is 5.82 Å². The number of H-pyrrole nitrogens is 1. The molecule has 0 aliphatic carbocycles. The minimum Gasteiger partial charge on any atom is -0.368 e. The van der Waals surface area contributed by atoms with Crippen molar-refractivity contribution in [2.75, 3.05) is 0 Å². The lowest BCUT2D eigenvalue weighted by Gasteiger charge is -2.31. The molecule has 0 bridgehead atoms. The molecule has 5 rings (SSSR count). The van der Waals surface area contributed by atoms with Crippen LogP contribution >= 0.6 is 0 Å². The normalized spacial score (nSPS) is 14.7. The van der Waals surface area contributed by atoms with Crippen LogP contribution in [0, 0.1) is 0 Å². The van der Waals surface area contributed by atoms with E-state index in [0.29, 0.717) is 12.4 Å². The highest BCUT2D eigenvalue weighted by Crippen LogP contribution is 2.33. The number of aryl methyl sites for hydroxylation is 1. The summed E-state index contributed by atoms with van der Waals surface area (Å²) in [6.07, 6.45) is 14.6. The van der Waals surface area contributed by atoms with Gasteiger partial charge in [-0.05, 0) is 62.9 Å². The smallest absolute Gasteiger partial charge is 0.334 e. The summed E-state index contributed by atoms with van der Waals surface area (Å²) in [5.41, 5.74) is 2.00. The Morgan fingerprint density at radius 3 is 2.62 bits per heavy atom. The second-order valence-electron chi connectivity index (χ2n) is 10.4. The van der Waals surface area contributed by atoms with Crippen LogP contribution in [0.2, 0.25) is 0 Å². The minimum absolute atomic E-state index is 0.0777. The third-order valence-corrected chi connectivity index (χ3v) is 6.73. The summed E-state index contributed by atoms with van der Waals surface area (Å²) in [5.74, 6) is 1.29. The molecule has 10 heteroatoms. The number of aromatic nitrogens is 8. The third kappa shape index (κ3) is 4.66. The van der Waals surface area contributed by atoms with Gasteiger partial charge < -0.3 is 5.32 Å². The van der Waals surface area contributed by atoms with Gasteiger partial charge >= 0.3 is 5.69 Å². The van der Waals surface area contributed by atoms with Crippen molar-refractivity contribution in [2.45, 2.75) is 64.5 Å². The van der Waals surface area contributed by atoms with Crippen LogP contribution in [-0.4, -0.2) is 39.5 Å². The molecule has 0 spiro atoms. The van der Waals surface area contributed by atoms with Crippen molar-refractivity contribution in [3.05, 3.63) is 89.0 Å². The van der Waals surface area contributed by atoms with Crippen molar-refractivity contribution >= 4 is 0 Å². The first-order chi connectivity index (χ1) is 17.8. The SMILES string of the molecule is CCCCc1cn(-c2ccnn2C(C)(C)C)c(=O)n1CC1(c2cccc(-c3nn[nH]n3)c2)C=CNC=C1. The van der Waals surface area contributed by atoms with Gasteiger partial charge in [-0.15, -0.1) is 10.2 Å². The molecule has 4 heterocycles. The number of dihydropyridines is 1. The highest BCUT2D eigenvalue weighted by atomic mass is 16.1. The van der Waals surface area contributed by atoms with Crippen LogP contribution < -0.4 is 11.0 Å². The van der Waals surface area contributed by atoms with Crippen LogP contribution in [0.1, 0.15) is 51.8 Å². The Balaban J connectivity index is 1.63. The van der Waals surface area contributed by atoms with Crippen molar-refractivity contribution in [3.63, 3.8) is 0 Å². The van der Waals surface area contributed by atoms with Gasteiger partial charge in [0.05, 0.1) is 17.2 Å². The van der Waals surface area contributed by atoms with Crippen LogP contribution in [0.5, 0.6) is 0 Å². The zero-order valence-corrected chi connectivity index (χ0v) is 21.7. The van der Waals surface area contributed by atoms with Gasteiger partial charge in [-0.1, -0.05) is 43.7 Å². The van der Waals surface area contributed by atoms with Crippen LogP contribution in [0.25, 0.3) is 17.2 Å². The van der Waals surface area contributed by atoms with Gasteiger partial charge in [0.15, 0.2) is 0 Å². The number of hydrogen-bond acceptors (Lipinski definition) is 6. The molecule has 37 heavy (non-hydrogen) atoms. The highest BCUT2D eigenvalue weighted by molar-refractivity contribution is 5.57. The van der Waals surface area contributed by atoms with Gasteiger partial charge in [0.2, 0.25) is 5.82 Å². The number of tetrazole rings is 1. The monoisotopic (exact) mass is 499 g/mol. The van der Waals surface area contributed by atoms with Gasteiger partial charge in [-0.2, -0.15) is 10.3 Å². The van der Waals surface area contributed by atoms with Crippen molar-refractivity contribution in [2.24, 2.45) is 0 Å². The summed E-state index contributed by atoms with van der Waals surface area (Å²) in [7, 11) is 0. The molecule has 2 N–H and O–H groups in total. The molecule has 0 atom stereocenters. The number of allylic oxidation sites excluding steroid dienone is 2. The average Bonchev–Trinajstić information content (AvgIpc) is 3.65. The Morgan fingerprint density at radius 2 is 1.92 bits per heavy atom. The summed E-state index contributed by atoms with van der Waals surface area (Å²) in [6, 6.07) is 9.98. The molecule has 0 unspecified atom stereocenters. The van der Waals surface area contributed by atoms with Gasteiger partial charge in [-0.25, -0.2) is 9.48 Å². The number of nitrogens with one attached hydrogen (secondary N) is 2. The fourth-order valence-electron chi connectivity index (χ4n) is 4.80. The second-order valence-corrected chi connectivity index (χ2v) is 10.4. The molecule has 10 nitrogen and oxygen atoms in total. The first-order valence-electron chi connectivity index (χ1n) is 12.6. The van der Waals surface area contributed by atoms with Crippen molar-refractivity contribution < 1.29 is 0 Å². The van der Waals surface area contributed by atoms with E-state index in [9.17, 15) is 4.79 Å². The molecule has 0 saturated carbocycles. The number of imidazole rings is 1. The van der Waals surface area contributed by atoms with E-state index in [-0.39, 0.29) is 11.2 Å². The number of hydrogen-bond donors (Lipinski definition) is 2. The Bertz CT molecular complexity index is 1470. The van der Waals surface area contributed by atoms with Crippen molar-refractivity contribution in [1.29, 1.82) is 0 Å². The Labute approximate surface area is 215 Å². The topological polar surface area (TPSA) is 111 Å². The van der Waals surface area contributed by atoms with E-state index in [1.54, 1.807) is 10.8 Å². The zero-order valence-electron chi connectivity index (χ0n) is 21.7. The minimum atomic E-state index is -0.549. The lowest BCUT2D eigenvalue weighted by atomic mass is 9.78. The van der Waals surface area contributed by atoms with Crippen LogP contribution in [0.3, 0.4) is 0 Å². The second kappa shape index (κ2) is 9.68. The number of rotatable bonds is 8. The molecule has 4 aromatic rings. The Hall–Kier alpha value is -4.21. The number of nitrogens with zero attached hydrogens (tertiary/aromatic N) is 7. The average molecular weight is 500 g/mol. The number of unbranched alkanes of at least 4 members (excludes halogenated alkanes) is 1. The predicted molar refractivity (Wildman–Crippen MR) is 142 cm³/mol. The lowest BCUT2D eigenvalue weighted by Crippen LogP contribution is -2.37. The summed E-state index contributed by atoms with van der Waals surface area (Å²) >= 11 is 0. The molecule has 0 fully saturated rings. The van der Waals surface area contributed by atoms with Gasteiger partial charge in [-0.3, -0.25) is 9.13 Å². The van der Waals surface area contributed by atoms with Gasteiger partial charge in [0, 0.05) is 30.1 Å². The van der Waals surface area contributed by atoms with E-state index in [1.807, 2.05) is 46.0 Å². The first-order valence-corrected chi connectivity index (χ1v) is 12.6. The maximum atomic E-state index is 14.0. The molecule has 1 aromatic carbocycles. The summed E-state index contributed by atoms with van der Waals surface area (Å²) < 4.78 is 5.55. The highest BCUT2D eigenvalue weighted by Gasteiger charge is 2.32. The maximum absolute atomic E-state index is 14.0. The third-order valence-electron chi connectivity index (χ3n) is 6.73. The largest absolute Gasteiger partial charge is 0.368 e. The lowest BCUT2D eigenvalue weighted by molar-refractivity contribution is 0.350. The maximum Gasteiger partial charge on any atom is 0.334 e. The summed E-state index contributed by atoms with van der Waals surface area (Å²) in [6.45, 7) is 8.86. The van der Waals surface area contributed by atoms with Crippen LogP contribution in [-0.2, 0) is 23.9 Å². The zero-order chi connectivity index (χ0) is 26.0. The number of aromatic amines is 1. The molecule has 0 amide bonds. The van der Waals surface area contributed by atoms with E-state index in [2.05, 4.69) is 83.0 Å². The molecule has 192 valence electrons. The molecule has 1 aliphatic heterocycles. The summed E-state index contributed by atoms with van der Waals surface area (Å²) in [4.78, 5) is 14.0. The van der Waals surface area contributed by atoms with E-state index < -0.39 is 5.41 Å². The van der Waals surface area contributed by atoms with Crippen molar-refractivity contribution in [3.8, 4) is 17.2 Å². The standard InChI is InChI=1S/C27H33N9O/c1-5-6-10-22-18-34(23-11-14-29-36(23)26(2,3)4)25(37)35(22)19-27(12-15-28-16-13-27)21-9-7-8-20(17-21)24-30-32-33-31-24/h7-9,11-18,28H,5-6,10,19H2,1-4H3,(H,30,31,32,33). The molecule has 3 aromatic heterocycles. The van der Waals surface area contributed by atoms with E-state index in [0.717, 1.165) is 41.9 Å². The molecule has 1 aliphatic rings. The number of benzene rings is 1. The molecule has 0 saturated heterocycles. The summed E-state index contributed by atoms with van der Waals surface area (Å²) in [5, 5.41) is 22.2. The van der Waals surface area contributed by atoms with Gasteiger partial charge in [0.25, 0.3) is 0 Å². The fourth-order valence-corrected chi connectivity index (χ4v) is 4.80.